The predicted molar refractivity (Wildman–Crippen MR) is 77.1 cm³/mol. The maximum absolute atomic E-state index is 12.5. The SMILES string of the molecule is COC(=O)c1c(Cl)c(C(=O)C(=O)NC(C)C(F)(F)F)n2c1CCC2. The lowest BCUT2D eigenvalue weighted by Gasteiger charge is -2.16. The lowest BCUT2D eigenvalue weighted by molar-refractivity contribution is -0.156. The highest BCUT2D eigenvalue weighted by molar-refractivity contribution is 6.47. The molecule has 2 rings (SSSR count). The molecule has 1 aliphatic rings. The van der Waals surface area contributed by atoms with Crippen LogP contribution in [0.5, 0.6) is 0 Å². The monoisotopic (exact) mass is 366 g/mol. The maximum atomic E-state index is 12.5. The molecular weight excluding hydrogens is 353 g/mol. The fourth-order valence-electron chi connectivity index (χ4n) is 2.53. The molecule has 1 N–H and O–H groups in total. The quantitative estimate of drug-likeness (QED) is 0.503. The minimum absolute atomic E-state index is 0.0308. The van der Waals surface area contributed by atoms with Gasteiger partial charge in [-0.2, -0.15) is 13.2 Å². The lowest BCUT2D eigenvalue weighted by Crippen LogP contribution is -2.46. The molecule has 24 heavy (non-hydrogen) atoms. The fourth-order valence-corrected chi connectivity index (χ4v) is 2.90. The standard InChI is InChI=1S/C14H14ClF3N2O4/c1-6(14(16,17)18)19-12(22)11(21)10-9(15)8(13(23)24-2)7-4-3-5-20(7)10/h6H,3-5H2,1-2H3,(H,19,22). The van der Waals surface area contributed by atoms with Crippen LogP contribution in [-0.2, 0) is 22.5 Å². The number of ketones is 1. The largest absolute Gasteiger partial charge is 0.465 e. The first kappa shape index (κ1) is 18.3. The van der Waals surface area contributed by atoms with Crippen LogP contribution in [0.4, 0.5) is 13.2 Å². The van der Waals surface area contributed by atoms with Crippen molar-refractivity contribution < 1.29 is 32.3 Å². The molecule has 1 aliphatic heterocycles. The zero-order chi connectivity index (χ0) is 18.2. The van der Waals surface area contributed by atoms with Crippen LogP contribution in [0.15, 0.2) is 0 Å². The third kappa shape index (κ3) is 3.12. The van der Waals surface area contributed by atoms with Gasteiger partial charge in [-0.25, -0.2) is 4.79 Å². The molecule has 132 valence electrons. The number of nitrogens with zero attached hydrogens (tertiary/aromatic N) is 1. The highest BCUT2D eigenvalue weighted by atomic mass is 35.5. The van der Waals surface area contributed by atoms with Gasteiger partial charge in [-0.3, -0.25) is 9.59 Å². The number of halogens is 4. The van der Waals surface area contributed by atoms with Gasteiger partial charge in [0, 0.05) is 12.2 Å². The average Bonchev–Trinajstić information content (AvgIpc) is 3.04. The summed E-state index contributed by atoms with van der Waals surface area (Å²) in [6.07, 6.45) is -3.63. The van der Waals surface area contributed by atoms with E-state index in [0.717, 1.165) is 14.0 Å². The third-order valence-corrected chi connectivity index (χ3v) is 4.12. The number of amides is 1. The molecule has 0 radical (unpaired) electrons. The first-order valence-corrected chi connectivity index (χ1v) is 7.38. The van der Waals surface area contributed by atoms with Gasteiger partial charge in [-0.05, 0) is 19.8 Å². The Bertz CT molecular complexity index is 712. The smallest absolute Gasteiger partial charge is 0.408 e. The molecular formula is C14H14ClF3N2O4. The number of fused-ring (bicyclic) bond motifs is 1. The Morgan fingerprint density at radius 1 is 1.33 bits per heavy atom. The molecule has 2 heterocycles. The van der Waals surface area contributed by atoms with Crippen LogP contribution in [0.2, 0.25) is 5.02 Å². The summed E-state index contributed by atoms with van der Waals surface area (Å²) in [5, 5.41) is 1.31. The summed E-state index contributed by atoms with van der Waals surface area (Å²) in [5.41, 5.74) is 0.111. The van der Waals surface area contributed by atoms with Crippen molar-refractivity contribution in [1.82, 2.24) is 9.88 Å². The number of aromatic nitrogens is 1. The number of alkyl halides is 3. The molecule has 1 atom stereocenters. The number of esters is 1. The Hall–Kier alpha value is -2.03. The van der Waals surface area contributed by atoms with E-state index in [-0.39, 0.29) is 16.3 Å². The second kappa shape index (κ2) is 6.46. The van der Waals surface area contributed by atoms with Crippen LogP contribution < -0.4 is 5.32 Å². The summed E-state index contributed by atoms with van der Waals surface area (Å²) in [6, 6.07) is -2.19. The van der Waals surface area contributed by atoms with E-state index >= 15 is 0 Å². The number of ether oxygens (including phenoxy) is 1. The Balaban J connectivity index is 2.37. The minimum atomic E-state index is -4.68. The molecule has 0 spiro atoms. The fraction of sp³-hybridized carbons (Fsp3) is 0.500. The highest BCUT2D eigenvalue weighted by Crippen LogP contribution is 2.34. The summed E-state index contributed by atoms with van der Waals surface area (Å²) >= 11 is 6.04. The van der Waals surface area contributed by atoms with Crippen molar-refractivity contribution in [1.29, 1.82) is 0 Å². The van der Waals surface area contributed by atoms with Crippen molar-refractivity contribution in [3.05, 3.63) is 22.0 Å². The zero-order valence-corrected chi connectivity index (χ0v) is 13.5. The summed E-state index contributed by atoms with van der Waals surface area (Å²) in [4.78, 5) is 36.0. The van der Waals surface area contributed by atoms with Gasteiger partial charge in [0.2, 0.25) is 0 Å². The van der Waals surface area contributed by atoms with Crippen molar-refractivity contribution >= 4 is 29.3 Å². The number of carbonyl (C=O) groups excluding carboxylic acids is 3. The molecule has 10 heteroatoms. The van der Waals surface area contributed by atoms with E-state index in [9.17, 15) is 27.6 Å². The normalized spacial score (nSPS) is 14.9. The van der Waals surface area contributed by atoms with Crippen molar-refractivity contribution in [3.63, 3.8) is 0 Å². The second-order valence-electron chi connectivity index (χ2n) is 5.30. The van der Waals surface area contributed by atoms with E-state index in [1.807, 2.05) is 0 Å². The van der Waals surface area contributed by atoms with Crippen LogP contribution >= 0.6 is 11.6 Å². The van der Waals surface area contributed by atoms with Gasteiger partial charge in [-0.1, -0.05) is 11.6 Å². The van der Waals surface area contributed by atoms with Gasteiger partial charge < -0.3 is 14.6 Å². The van der Waals surface area contributed by atoms with Crippen LogP contribution in [0.3, 0.4) is 0 Å². The van der Waals surface area contributed by atoms with Crippen molar-refractivity contribution in [2.24, 2.45) is 0 Å². The van der Waals surface area contributed by atoms with Gasteiger partial charge in [-0.15, -0.1) is 0 Å². The predicted octanol–water partition coefficient (Wildman–Crippen LogP) is 2.12. The number of rotatable bonds is 4. The Morgan fingerprint density at radius 2 is 1.96 bits per heavy atom. The molecule has 1 aromatic rings. The van der Waals surface area contributed by atoms with E-state index in [0.29, 0.717) is 25.1 Å². The third-order valence-electron chi connectivity index (χ3n) is 3.76. The zero-order valence-electron chi connectivity index (χ0n) is 12.8. The van der Waals surface area contributed by atoms with Gasteiger partial charge >= 0.3 is 12.1 Å². The van der Waals surface area contributed by atoms with Gasteiger partial charge in [0.1, 0.15) is 11.7 Å². The van der Waals surface area contributed by atoms with Crippen molar-refractivity contribution in [2.75, 3.05) is 7.11 Å². The molecule has 0 fully saturated rings. The molecule has 0 saturated carbocycles. The number of carbonyl (C=O) groups is 3. The van der Waals surface area contributed by atoms with Crippen molar-refractivity contribution in [3.8, 4) is 0 Å². The summed E-state index contributed by atoms with van der Waals surface area (Å²) in [5.74, 6) is -3.44. The molecule has 0 aromatic carbocycles. The number of hydrogen-bond donors (Lipinski definition) is 1. The Labute approximate surface area is 139 Å². The van der Waals surface area contributed by atoms with Gasteiger partial charge in [0.15, 0.2) is 0 Å². The highest BCUT2D eigenvalue weighted by Gasteiger charge is 2.40. The Kier molecular flexibility index (Phi) is 4.93. The minimum Gasteiger partial charge on any atom is -0.465 e. The molecule has 0 bridgehead atoms. The van der Waals surface area contributed by atoms with E-state index in [2.05, 4.69) is 4.74 Å². The lowest BCUT2D eigenvalue weighted by atomic mass is 10.1. The number of Topliss-reactive ketones (excluding diaryl/α,β-unsaturated/α-hetero) is 1. The summed E-state index contributed by atoms with van der Waals surface area (Å²) in [7, 11) is 1.14. The van der Waals surface area contributed by atoms with Crippen LogP contribution in [0.25, 0.3) is 0 Å². The van der Waals surface area contributed by atoms with Gasteiger partial charge in [0.25, 0.3) is 11.7 Å². The molecule has 6 nitrogen and oxygen atoms in total. The number of methoxy groups -OCH3 is 1. The molecule has 1 amide bonds. The second-order valence-corrected chi connectivity index (χ2v) is 5.67. The summed E-state index contributed by atoms with van der Waals surface area (Å²) in [6.45, 7) is 1.05. The van der Waals surface area contributed by atoms with Crippen LogP contribution in [0.1, 0.15) is 39.9 Å². The molecule has 0 saturated heterocycles. The van der Waals surface area contributed by atoms with Crippen LogP contribution in [-0.4, -0.2) is 41.6 Å². The Morgan fingerprint density at radius 3 is 2.50 bits per heavy atom. The number of nitrogens with one attached hydrogen (secondary N) is 1. The van der Waals surface area contributed by atoms with E-state index in [1.54, 1.807) is 5.32 Å². The van der Waals surface area contributed by atoms with E-state index in [1.165, 1.54) is 4.57 Å². The van der Waals surface area contributed by atoms with Crippen molar-refractivity contribution in [2.45, 2.75) is 38.5 Å². The topological polar surface area (TPSA) is 77.4 Å². The first-order valence-electron chi connectivity index (χ1n) is 7.00. The molecule has 1 aromatic heterocycles. The van der Waals surface area contributed by atoms with E-state index in [4.69, 9.17) is 11.6 Å². The number of hydrogen-bond acceptors (Lipinski definition) is 4. The maximum Gasteiger partial charge on any atom is 0.408 e. The molecule has 0 aliphatic carbocycles. The first-order chi connectivity index (χ1) is 11.1. The van der Waals surface area contributed by atoms with E-state index < -0.39 is 29.9 Å². The van der Waals surface area contributed by atoms with Gasteiger partial charge in [0.05, 0.1) is 17.7 Å². The average molecular weight is 367 g/mol. The summed E-state index contributed by atoms with van der Waals surface area (Å²) < 4.78 is 43.5. The molecule has 1 unspecified atom stereocenters. The van der Waals surface area contributed by atoms with Crippen LogP contribution in [0, 0.1) is 0 Å².